The molecule has 0 bridgehead atoms. The number of hydrogen-bond acceptors (Lipinski definition) is 17. The first-order chi connectivity index (χ1) is 21.9. The second-order valence-corrected chi connectivity index (χ2v) is 12.6. The van der Waals surface area contributed by atoms with Crippen molar-refractivity contribution in [2.24, 2.45) is 5.73 Å². The van der Waals surface area contributed by atoms with Gasteiger partial charge in [0.15, 0.2) is 18.4 Å². The molecule has 0 radical (unpaired) electrons. The van der Waals surface area contributed by atoms with Gasteiger partial charge in [0, 0.05) is 53.8 Å². The topological polar surface area (TPSA) is 229 Å². The molecule has 17 nitrogen and oxygen atoms in total. The lowest BCUT2D eigenvalue weighted by atomic mass is 9.89. The molecule has 0 aromatic carbocycles. The van der Waals surface area contributed by atoms with Gasteiger partial charge in [-0.05, 0) is 6.92 Å². The second kappa shape index (κ2) is 19.7. The Morgan fingerprint density at radius 2 is 1.50 bits per heavy atom. The van der Waals surface area contributed by atoms with Crippen LogP contribution in [0.15, 0.2) is 12.7 Å². The van der Waals surface area contributed by atoms with Gasteiger partial charge in [-0.15, -0.1) is 6.58 Å². The Morgan fingerprint density at radius 1 is 0.913 bits per heavy atom. The summed E-state index contributed by atoms with van der Waals surface area (Å²) in [4.78, 5) is 0. The Balaban J connectivity index is 1.93. The van der Waals surface area contributed by atoms with Crippen molar-refractivity contribution >= 4 is 47.3 Å². The minimum Gasteiger partial charge on any atom is -0.394 e. The summed E-state index contributed by atoms with van der Waals surface area (Å²) in [7, 11) is 10.6. The maximum Gasteiger partial charge on any atom is 0.187 e. The Morgan fingerprint density at radius 3 is 2.07 bits per heavy atom. The Kier molecular flexibility index (Phi) is 17.8. The molecule has 0 aromatic heterocycles. The Hall–Kier alpha value is 1.21. The standard InChI is InChI=1S/C24H48NO16P5/c1-3-4-31-22-21(41-46)19(39-44)16(12(35-22)8-33-43)36-23-20(40-45)18(15(30)11(34-23)7-32-42)38-24(2)5-9(27)13(25)17(37-24)14(29)10(28)6-26/h3,9-23,26-30H,1,4-8,25,42-46H2,2H3/t9-,10-,11?,12?,13-,14-,15+,16-,17?,18+,19+,20?,21?,22-,23+,24-/m1/s1. The Bertz CT molecular complexity index is 925. The van der Waals surface area contributed by atoms with Crippen LogP contribution in [0.4, 0.5) is 0 Å². The van der Waals surface area contributed by atoms with E-state index in [-0.39, 0.29) is 26.2 Å². The smallest absolute Gasteiger partial charge is 0.187 e. The highest BCUT2D eigenvalue weighted by atomic mass is 31.0. The van der Waals surface area contributed by atoms with Crippen LogP contribution in [-0.2, 0) is 51.0 Å². The fraction of sp³-hybridized carbons (Fsp3) is 0.917. The fourth-order valence-corrected chi connectivity index (χ4v) is 6.93. The molecule has 22 heteroatoms. The second-order valence-electron chi connectivity index (χ2n) is 11.2. The van der Waals surface area contributed by atoms with E-state index in [1.54, 1.807) is 6.08 Å². The van der Waals surface area contributed by atoms with Gasteiger partial charge in [-0.3, -0.25) is 0 Å². The summed E-state index contributed by atoms with van der Waals surface area (Å²) >= 11 is 0. The molecule has 3 heterocycles. The minimum atomic E-state index is -1.69. The van der Waals surface area contributed by atoms with Crippen molar-refractivity contribution in [2.45, 2.75) is 111 Å². The number of nitrogens with two attached hydrogens (primary N) is 1. The van der Waals surface area contributed by atoms with Crippen LogP contribution in [0.2, 0.25) is 0 Å². The summed E-state index contributed by atoms with van der Waals surface area (Å²) in [6, 6.07) is -1.13. The lowest BCUT2D eigenvalue weighted by Gasteiger charge is -2.51. The van der Waals surface area contributed by atoms with Crippen LogP contribution >= 0.6 is 47.3 Å². The highest BCUT2D eigenvalue weighted by molar-refractivity contribution is 7.10. The lowest BCUT2D eigenvalue weighted by Crippen LogP contribution is -2.68. The highest BCUT2D eigenvalue weighted by Gasteiger charge is 2.56. The van der Waals surface area contributed by atoms with E-state index >= 15 is 0 Å². The third-order valence-corrected chi connectivity index (χ3v) is 9.29. The monoisotopic (exact) mass is 761 g/mol. The van der Waals surface area contributed by atoms with Crippen LogP contribution in [0.25, 0.3) is 0 Å². The molecule has 3 fully saturated rings. The van der Waals surface area contributed by atoms with Crippen molar-refractivity contribution in [3.05, 3.63) is 12.7 Å². The number of aliphatic hydroxyl groups is 5. The molecule has 0 aliphatic carbocycles. The number of hydrogen-bond donors (Lipinski definition) is 6. The molecule has 3 aliphatic heterocycles. The van der Waals surface area contributed by atoms with Gasteiger partial charge in [0.05, 0.1) is 38.6 Å². The Labute approximate surface area is 279 Å². The maximum absolute atomic E-state index is 11.4. The van der Waals surface area contributed by atoms with Gasteiger partial charge in [-0.1, -0.05) is 6.08 Å². The third-order valence-electron chi connectivity index (χ3n) is 7.96. The molecule has 46 heavy (non-hydrogen) atoms. The normalized spacial score (nSPS) is 43.3. The number of rotatable bonds is 17. The lowest BCUT2D eigenvalue weighted by molar-refractivity contribution is -0.382. The fourth-order valence-electron chi connectivity index (χ4n) is 5.67. The van der Waals surface area contributed by atoms with Gasteiger partial charge >= 0.3 is 0 Å². The average molecular weight is 762 g/mol. The van der Waals surface area contributed by atoms with E-state index in [1.807, 2.05) is 0 Å². The van der Waals surface area contributed by atoms with Gasteiger partial charge in [0.25, 0.3) is 0 Å². The maximum atomic E-state index is 11.4. The van der Waals surface area contributed by atoms with Crippen molar-refractivity contribution in [3.63, 3.8) is 0 Å². The van der Waals surface area contributed by atoms with Crippen LogP contribution in [0.5, 0.6) is 0 Å². The van der Waals surface area contributed by atoms with E-state index in [2.05, 4.69) is 53.9 Å². The molecule has 0 aromatic rings. The quantitative estimate of drug-likeness (QED) is 0.0684. The van der Waals surface area contributed by atoms with Crippen molar-refractivity contribution in [1.82, 2.24) is 0 Å². The molecule has 10 unspecified atom stereocenters. The molecule has 0 saturated carbocycles. The first-order valence-corrected chi connectivity index (χ1v) is 16.6. The summed E-state index contributed by atoms with van der Waals surface area (Å²) < 4.78 is 64.3. The molecule has 0 amide bonds. The van der Waals surface area contributed by atoms with Crippen molar-refractivity contribution in [1.29, 1.82) is 0 Å². The number of ether oxygens (including phenoxy) is 6. The molecule has 3 saturated heterocycles. The summed E-state index contributed by atoms with van der Waals surface area (Å²) in [6.07, 6.45) is -14.9. The van der Waals surface area contributed by atoms with Gasteiger partial charge in [0.2, 0.25) is 0 Å². The van der Waals surface area contributed by atoms with Crippen LogP contribution in [0.3, 0.4) is 0 Å². The molecule has 0 spiro atoms. The summed E-state index contributed by atoms with van der Waals surface area (Å²) in [6.45, 7) is 4.41. The molecule has 21 atom stereocenters. The predicted octanol–water partition coefficient (Wildman–Crippen LogP) is -2.18. The molecule has 270 valence electrons. The molecular formula is C24H48NO16P5. The van der Waals surface area contributed by atoms with E-state index in [4.69, 9.17) is 56.8 Å². The number of aliphatic hydroxyl groups excluding tert-OH is 5. The molecule has 3 aliphatic rings. The zero-order valence-electron chi connectivity index (χ0n) is 25.2. The largest absolute Gasteiger partial charge is 0.394 e. The van der Waals surface area contributed by atoms with Gasteiger partial charge in [-0.2, -0.15) is 0 Å². The van der Waals surface area contributed by atoms with Crippen molar-refractivity contribution in [3.8, 4) is 0 Å². The SMILES string of the molecule is C=CCO[C@@H]1OC(COP)[C@@H](O[C@@H]2OC(COP)[C@H](O)[C@H](O[C@]3(C)C[C@@H](O)[C@@H](N)C([C@H](O)[C@H](O)CO)O3)C2OP)[C@H](OP)C1OP. The molecule has 3 rings (SSSR count). The van der Waals surface area contributed by atoms with Crippen LogP contribution in [0.1, 0.15) is 13.3 Å². The summed E-state index contributed by atoms with van der Waals surface area (Å²) in [5.41, 5.74) is 6.08. The predicted molar refractivity (Wildman–Crippen MR) is 175 cm³/mol. The highest BCUT2D eigenvalue weighted by Crippen LogP contribution is 2.39. The first kappa shape index (κ1) is 41.6. The van der Waals surface area contributed by atoms with E-state index < -0.39 is 104 Å². The van der Waals surface area contributed by atoms with E-state index in [0.717, 1.165) is 0 Å². The molecule has 7 N–H and O–H groups in total. The van der Waals surface area contributed by atoms with E-state index in [0.29, 0.717) is 0 Å². The van der Waals surface area contributed by atoms with E-state index in [9.17, 15) is 25.5 Å². The van der Waals surface area contributed by atoms with Crippen molar-refractivity contribution < 1.29 is 76.6 Å². The summed E-state index contributed by atoms with van der Waals surface area (Å²) in [5.74, 6) is -1.69. The van der Waals surface area contributed by atoms with Crippen LogP contribution in [-0.4, -0.2) is 150 Å². The minimum absolute atomic E-state index is 0.0185. The van der Waals surface area contributed by atoms with Gasteiger partial charge in [-0.25, -0.2) is 0 Å². The van der Waals surface area contributed by atoms with E-state index in [1.165, 1.54) is 6.92 Å². The van der Waals surface area contributed by atoms with Gasteiger partial charge in [0.1, 0.15) is 67.1 Å². The third kappa shape index (κ3) is 9.96. The van der Waals surface area contributed by atoms with Crippen LogP contribution in [0, 0.1) is 0 Å². The zero-order valence-corrected chi connectivity index (χ0v) is 30.9. The zero-order chi connectivity index (χ0) is 34.2. The first-order valence-electron chi connectivity index (χ1n) is 14.3. The average Bonchev–Trinajstić information content (AvgIpc) is 3.03. The van der Waals surface area contributed by atoms with Crippen LogP contribution < -0.4 is 5.73 Å². The molecular weight excluding hydrogens is 713 g/mol. The van der Waals surface area contributed by atoms with Crippen molar-refractivity contribution in [2.75, 3.05) is 26.4 Å². The summed E-state index contributed by atoms with van der Waals surface area (Å²) in [5, 5.41) is 52.2. The van der Waals surface area contributed by atoms with Gasteiger partial charge < -0.3 is 82.3 Å².